The Balaban J connectivity index is 4.43. The number of esters is 3. The molecule has 0 heterocycles. The molecule has 0 fully saturated rings. The molecule has 0 saturated carbocycles. The molecule has 0 aliphatic carbocycles. The van der Waals surface area contributed by atoms with E-state index in [1.54, 1.807) is 0 Å². The number of unbranched alkanes of at least 4 members (excludes halogenated alkanes) is 28. The minimum Gasteiger partial charge on any atom is -0.462 e. The molecule has 0 radical (unpaired) electrons. The summed E-state index contributed by atoms with van der Waals surface area (Å²) in [6.45, 7) is 6.47. The molecule has 0 aromatic rings. The van der Waals surface area contributed by atoms with Crippen LogP contribution in [0.3, 0.4) is 0 Å². The molecule has 0 N–H and O–H groups in total. The number of carbonyl (C=O) groups excluding carboxylic acids is 3. The first-order valence-corrected chi connectivity index (χ1v) is 30.7. The van der Waals surface area contributed by atoms with Crippen molar-refractivity contribution in [1.29, 1.82) is 0 Å². The second-order valence-electron chi connectivity index (χ2n) is 20.2. The quantitative estimate of drug-likeness (QED) is 0.0261. The van der Waals surface area contributed by atoms with Gasteiger partial charge in [0.15, 0.2) is 6.10 Å². The fraction of sp³-hybridized carbons (Fsp3) is 0.716. The monoisotopic (exact) mass is 1010 g/mol. The van der Waals surface area contributed by atoms with Crippen LogP contribution in [0.25, 0.3) is 0 Å². The van der Waals surface area contributed by atoms with Gasteiger partial charge in [0.05, 0.1) is 0 Å². The maximum absolute atomic E-state index is 12.9. The van der Waals surface area contributed by atoms with Crippen LogP contribution in [0, 0.1) is 0 Å². The second-order valence-corrected chi connectivity index (χ2v) is 20.2. The van der Waals surface area contributed by atoms with Crippen molar-refractivity contribution in [3.05, 3.63) is 97.2 Å². The zero-order valence-corrected chi connectivity index (χ0v) is 47.9. The Bertz CT molecular complexity index is 1440. The summed E-state index contributed by atoms with van der Waals surface area (Å²) >= 11 is 0. The normalized spacial score (nSPS) is 12.8. The lowest BCUT2D eigenvalue weighted by Gasteiger charge is -2.18. The molecule has 0 spiro atoms. The van der Waals surface area contributed by atoms with Gasteiger partial charge in [-0.3, -0.25) is 14.4 Å². The van der Waals surface area contributed by atoms with Gasteiger partial charge in [0, 0.05) is 19.3 Å². The standard InChI is InChI=1S/C67H114O6/c1-4-7-10-13-16-19-22-25-28-31-33-36-39-42-45-48-51-54-57-60-66(69)72-63-64(62-71-65(68)59-56-53-50-47-44-41-38-35-30-27-24-21-18-15-12-9-6-3)73-67(70)61-58-55-52-49-46-43-40-37-34-32-29-26-23-20-17-14-11-8-5-2/h9,12,16-21,25-30,38,41,64H,4-8,10-11,13-15,22-24,31-37,39-40,42-63H2,1-3H3/b12-9-,19-16-,20-17-,21-18-,28-25-,29-26-,30-27-,41-38-/t64-/m1/s1. The largest absolute Gasteiger partial charge is 0.462 e. The maximum Gasteiger partial charge on any atom is 0.306 e. The lowest BCUT2D eigenvalue weighted by atomic mass is 10.1. The maximum atomic E-state index is 12.9. The lowest BCUT2D eigenvalue weighted by Crippen LogP contribution is -2.30. The van der Waals surface area contributed by atoms with Gasteiger partial charge < -0.3 is 14.2 Å². The predicted molar refractivity (Wildman–Crippen MR) is 316 cm³/mol. The molecule has 0 rings (SSSR count). The molecule has 0 unspecified atom stereocenters. The molecule has 73 heavy (non-hydrogen) atoms. The Morgan fingerprint density at radius 2 is 0.534 bits per heavy atom. The smallest absolute Gasteiger partial charge is 0.306 e. The van der Waals surface area contributed by atoms with Crippen LogP contribution < -0.4 is 0 Å². The van der Waals surface area contributed by atoms with E-state index in [2.05, 4.69) is 118 Å². The number of rotatable bonds is 55. The SMILES string of the molecule is CC/C=C\C/C=C\C/C=C\C/C=C\CCCCCCC(=O)OC[C@H](COC(=O)CCCCCCCCCCC/C=C\C/C=C\CCCCC)OC(=O)CCCCCCCCCCC/C=C\C/C=C\CCCCC. The van der Waals surface area contributed by atoms with Gasteiger partial charge in [-0.25, -0.2) is 0 Å². The van der Waals surface area contributed by atoms with E-state index in [4.69, 9.17) is 14.2 Å². The van der Waals surface area contributed by atoms with Crippen LogP contribution in [-0.4, -0.2) is 37.2 Å². The fourth-order valence-electron chi connectivity index (χ4n) is 8.44. The van der Waals surface area contributed by atoms with E-state index in [0.717, 1.165) is 109 Å². The summed E-state index contributed by atoms with van der Waals surface area (Å²) < 4.78 is 16.9. The molecular formula is C67H114O6. The number of hydrogen-bond donors (Lipinski definition) is 0. The third kappa shape index (κ3) is 59.1. The van der Waals surface area contributed by atoms with Crippen molar-refractivity contribution < 1.29 is 28.6 Å². The fourth-order valence-corrected chi connectivity index (χ4v) is 8.44. The summed E-state index contributed by atoms with van der Waals surface area (Å²) in [5, 5.41) is 0. The minimum absolute atomic E-state index is 0.0893. The molecular weight excluding hydrogens is 901 g/mol. The predicted octanol–water partition coefficient (Wildman–Crippen LogP) is 20.9. The highest BCUT2D eigenvalue weighted by atomic mass is 16.6. The van der Waals surface area contributed by atoms with E-state index in [-0.39, 0.29) is 31.1 Å². The first kappa shape index (κ1) is 69.3. The highest BCUT2D eigenvalue weighted by Gasteiger charge is 2.19. The van der Waals surface area contributed by atoms with Gasteiger partial charge in [-0.05, 0) is 122 Å². The van der Waals surface area contributed by atoms with Gasteiger partial charge in [0.1, 0.15) is 13.2 Å². The molecule has 0 aromatic carbocycles. The van der Waals surface area contributed by atoms with Crippen LogP contribution in [-0.2, 0) is 28.6 Å². The average molecular weight is 1020 g/mol. The van der Waals surface area contributed by atoms with Gasteiger partial charge >= 0.3 is 17.9 Å². The van der Waals surface area contributed by atoms with Crippen molar-refractivity contribution in [2.45, 2.75) is 297 Å². The van der Waals surface area contributed by atoms with Gasteiger partial charge in [-0.1, -0.05) is 246 Å². The molecule has 0 bridgehead atoms. The summed E-state index contributed by atoms with van der Waals surface area (Å²) in [4.78, 5) is 38.3. The number of hydrogen-bond acceptors (Lipinski definition) is 6. The van der Waals surface area contributed by atoms with Crippen molar-refractivity contribution in [3.8, 4) is 0 Å². The molecule has 0 saturated heterocycles. The molecule has 6 heteroatoms. The Morgan fingerprint density at radius 1 is 0.288 bits per heavy atom. The topological polar surface area (TPSA) is 78.9 Å². The zero-order valence-electron chi connectivity index (χ0n) is 47.9. The highest BCUT2D eigenvalue weighted by molar-refractivity contribution is 5.71. The van der Waals surface area contributed by atoms with Crippen LogP contribution in [0.2, 0.25) is 0 Å². The molecule has 1 atom stereocenters. The second kappa shape index (κ2) is 60.9. The number of allylic oxidation sites excluding steroid dienone is 16. The third-order valence-corrected chi connectivity index (χ3v) is 13.0. The van der Waals surface area contributed by atoms with E-state index in [9.17, 15) is 14.4 Å². The van der Waals surface area contributed by atoms with Crippen LogP contribution in [0.5, 0.6) is 0 Å². The highest BCUT2D eigenvalue weighted by Crippen LogP contribution is 2.15. The first-order chi connectivity index (χ1) is 36.0. The first-order valence-electron chi connectivity index (χ1n) is 30.7. The summed E-state index contributed by atoms with van der Waals surface area (Å²) in [7, 11) is 0. The van der Waals surface area contributed by atoms with Crippen LogP contribution in [0.1, 0.15) is 290 Å². The third-order valence-electron chi connectivity index (χ3n) is 13.0. The zero-order chi connectivity index (χ0) is 52.9. The number of carbonyl (C=O) groups is 3. The van der Waals surface area contributed by atoms with Crippen LogP contribution in [0.4, 0.5) is 0 Å². The van der Waals surface area contributed by atoms with Gasteiger partial charge in [-0.15, -0.1) is 0 Å². The average Bonchev–Trinajstić information content (AvgIpc) is 3.39. The van der Waals surface area contributed by atoms with Gasteiger partial charge in [-0.2, -0.15) is 0 Å². The summed E-state index contributed by atoms with van der Waals surface area (Å²) in [6.07, 6.45) is 81.1. The summed E-state index contributed by atoms with van der Waals surface area (Å²) in [6, 6.07) is 0. The molecule has 0 aromatic heterocycles. The summed E-state index contributed by atoms with van der Waals surface area (Å²) in [5.74, 6) is -0.914. The van der Waals surface area contributed by atoms with Crippen molar-refractivity contribution in [2.24, 2.45) is 0 Å². The van der Waals surface area contributed by atoms with Crippen LogP contribution >= 0.6 is 0 Å². The molecule has 0 aliphatic rings. The van der Waals surface area contributed by atoms with Crippen molar-refractivity contribution in [1.82, 2.24) is 0 Å². The Hall–Kier alpha value is -3.67. The Labute approximate surface area is 451 Å². The van der Waals surface area contributed by atoms with E-state index in [1.807, 2.05) is 0 Å². The molecule has 418 valence electrons. The summed E-state index contributed by atoms with van der Waals surface area (Å²) in [5.41, 5.74) is 0. The van der Waals surface area contributed by atoms with Crippen LogP contribution in [0.15, 0.2) is 97.2 Å². The van der Waals surface area contributed by atoms with Crippen molar-refractivity contribution >= 4 is 17.9 Å². The number of ether oxygens (including phenoxy) is 3. The minimum atomic E-state index is -0.794. The Morgan fingerprint density at radius 3 is 0.836 bits per heavy atom. The Kier molecular flexibility index (Phi) is 57.8. The van der Waals surface area contributed by atoms with E-state index in [1.165, 1.54) is 141 Å². The van der Waals surface area contributed by atoms with Crippen molar-refractivity contribution in [2.75, 3.05) is 13.2 Å². The van der Waals surface area contributed by atoms with E-state index < -0.39 is 6.10 Å². The molecule has 0 amide bonds. The van der Waals surface area contributed by atoms with Gasteiger partial charge in [0.2, 0.25) is 0 Å². The molecule has 6 nitrogen and oxygen atoms in total. The lowest BCUT2D eigenvalue weighted by molar-refractivity contribution is -0.167. The van der Waals surface area contributed by atoms with E-state index >= 15 is 0 Å². The van der Waals surface area contributed by atoms with Gasteiger partial charge in [0.25, 0.3) is 0 Å². The molecule has 0 aliphatic heterocycles. The van der Waals surface area contributed by atoms with E-state index in [0.29, 0.717) is 19.3 Å². The van der Waals surface area contributed by atoms with Crippen molar-refractivity contribution in [3.63, 3.8) is 0 Å².